The van der Waals surface area contributed by atoms with Crippen LogP contribution in [0.2, 0.25) is 0 Å². The third-order valence-electron chi connectivity index (χ3n) is 6.35. The van der Waals surface area contributed by atoms with Crippen LogP contribution in [-0.4, -0.2) is 51.9 Å². The van der Waals surface area contributed by atoms with Crippen molar-refractivity contribution in [2.75, 3.05) is 37.4 Å². The Morgan fingerprint density at radius 3 is 2.53 bits per heavy atom. The van der Waals surface area contributed by atoms with Crippen molar-refractivity contribution in [3.05, 3.63) is 59.9 Å². The Hall–Kier alpha value is -3.72. The van der Waals surface area contributed by atoms with Gasteiger partial charge in [-0.05, 0) is 63.2 Å². The maximum Gasteiger partial charge on any atom is 0.232 e. The molecular formula is C25H28N6O3. The molecule has 1 atom stereocenters. The van der Waals surface area contributed by atoms with Crippen molar-refractivity contribution >= 4 is 23.4 Å². The number of hydrogen-bond acceptors (Lipinski definition) is 9. The molecule has 34 heavy (non-hydrogen) atoms. The number of benzene rings is 2. The third-order valence-corrected chi connectivity index (χ3v) is 6.35. The van der Waals surface area contributed by atoms with E-state index in [1.54, 1.807) is 6.07 Å². The normalized spacial score (nSPS) is 17.2. The zero-order valence-corrected chi connectivity index (χ0v) is 19.1. The first-order chi connectivity index (χ1) is 16.6. The molecule has 3 heterocycles. The number of anilines is 3. The lowest BCUT2D eigenvalue weighted by atomic mass is 9.88. The summed E-state index contributed by atoms with van der Waals surface area (Å²) in [4.78, 5) is 28.6. The largest absolute Gasteiger partial charge is 0.486 e. The lowest BCUT2D eigenvalue weighted by molar-refractivity contribution is 0.0795. The van der Waals surface area contributed by atoms with Crippen molar-refractivity contribution < 1.29 is 14.3 Å². The number of nitrogens with zero attached hydrogens (tertiary/aromatic N) is 4. The highest BCUT2D eigenvalue weighted by Crippen LogP contribution is 2.33. The van der Waals surface area contributed by atoms with Gasteiger partial charge in [-0.3, -0.25) is 9.69 Å². The first kappa shape index (κ1) is 22.1. The highest BCUT2D eigenvalue weighted by molar-refractivity contribution is 5.98. The number of ether oxygens (including phenoxy) is 2. The van der Waals surface area contributed by atoms with E-state index >= 15 is 0 Å². The van der Waals surface area contributed by atoms with Crippen LogP contribution in [0.25, 0.3) is 0 Å². The van der Waals surface area contributed by atoms with Crippen LogP contribution in [0.3, 0.4) is 0 Å². The van der Waals surface area contributed by atoms with Crippen LogP contribution >= 0.6 is 0 Å². The molecular weight excluding hydrogens is 432 g/mol. The molecule has 5 rings (SSSR count). The maximum atomic E-state index is 13.1. The van der Waals surface area contributed by atoms with Crippen LogP contribution in [0.15, 0.2) is 48.5 Å². The number of ketones is 1. The summed E-state index contributed by atoms with van der Waals surface area (Å²) in [7, 11) is 0. The number of aromatic nitrogens is 3. The van der Waals surface area contributed by atoms with Crippen LogP contribution in [0.1, 0.15) is 42.0 Å². The summed E-state index contributed by atoms with van der Waals surface area (Å²) in [6.45, 7) is 4.65. The smallest absolute Gasteiger partial charge is 0.232 e. The molecule has 1 unspecified atom stereocenters. The molecule has 1 fully saturated rings. The molecule has 9 nitrogen and oxygen atoms in total. The number of rotatable bonds is 6. The van der Waals surface area contributed by atoms with E-state index in [9.17, 15) is 4.79 Å². The van der Waals surface area contributed by atoms with Gasteiger partial charge in [-0.25, -0.2) is 0 Å². The minimum Gasteiger partial charge on any atom is -0.486 e. The van der Waals surface area contributed by atoms with E-state index in [1.807, 2.05) is 42.5 Å². The lowest BCUT2D eigenvalue weighted by Gasteiger charge is -2.35. The predicted molar refractivity (Wildman–Crippen MR) is 128 cm³/mol. The van der Waals surface area contributed by atoms with E-state index in [4.69, 9.17) is 15.2 Å². The molecule has 1 saturated heterocycles. The van der Waals surface area contributed by atoms with Crippen molar-refractivity contribution in [3.63, 3.8) is 0 Å². The van der Waals surface area contributed by atoms with Gasteiger partial charge in [0.15, 0.2) is 23.1 Å². The van der Waals surface area contributed by atoms with Crippen LogP contribution < -0.4 is 20.5 Å². The molecule has 3 aromatic rings. The molecule has 3 N–H and O–H groups in total. The number of hydrogen-bond donors (Lipinski definition) is 2. The molecule has 2 aromatic carbocycles. The summed E-state index contributed by atoms with van der Waals surface area (Å²) in [5.41, 5.74) is 7.53. The van der Waals surface area contributed by atoms with Crippen molar-refractivity contribution in [3.8, 4) is 11.5 Å². The fourth-order valence-corrected chi connectivity index (χ4v) is 4.45. The second kappa shape index (κ2) is 9.64. The minimum atomic E-state index is -0.0491. The molecule has 0 aliphatic carbocycles. The number of fused-ring (bicyclic) bond motifs is 1. The van der Waals surface area contributed by atoms with Gasteiger partial charge in [-0.15, -0.1) is 0 Å². The number of nitrogens with two attached hydrogens (primary N) is 1. The standard InChI is InChI=1S/C25H28N6O3/c1-16(23-28-24(26)30-25(29-23)27-19-5-3-2-4-6-19)31-11-9-17(10-12-31)22(32)18-7-8-20-21(15-18)34-14-13-33-20/h2-8,15-17H,9-14H2,1H3,(H3,26,27,28,29,30). The number of Topliss-reactive ketones (excluding diaryl/α,β-unsaturated/α-hetero) is 1. The minimum absolute atomic E-state index is 0.0234. The monoisotopic (exact) mass is 460 g/mol. The van der Waals surface area contributed by atoms with Gasteiger partial charge >= 0.3 is 0 Å². The molecule has 1 aromatic heterocycles. The Morgan fingerprint density at radius 2 is 1.76 bits per heavy atom. The number of carbonyl (C=O) groups excluding carboxylic acids is 1. The summed E-state index contributed by atoms with van der Waals surface area (Å²) in [5, 5.41) is 3.18. The Balaban J connectivity index is 1.23. The lowest BCUT2D eigenvalue weighted by Crippen LogP contribution is -2.38. The van der Waals surface area contributed by atoms with Crippen molar-refractivity contribution in [2.24, 2.45) is 5.92 Å². The van der Waals surface area contributed by atoms with E-state index in [-0.39, 0.29) is 23.7 Å². The Kier molecular flexibility index (Phi) is 6.27. The van der Waals surface area contributed by atoms with Crippen molar-refractivity contribution in [2.45, 2.75) is 25.8 Å². The molecule has 176 valence electrons. The van der Waals surface area contributed by atoms with Gasteiger partial charge in [0.25, 0.3) is 0 Å². The molecule has 0 spiro atoms. The quantitative estimate of drug-likeness (QED) is 0.532. The van der Waals surface area contributed by atoms with Crippen molar-refractivity contribution in [1.82, 2.24) is 19.9 Å². The Bertz CT molecular complexity index is 1160. The van der Waals surface area contributed by atoms with Crippen LogP contribution in [0.4, 0.5) is 17.6 Å². The van der Waals surface area contributed by atoms with Crippen LogP contribution in [-0.2, 0) is 0 Å². The van der Waals surface area contributed by atoms with Gasteiger partial charge in [-0.1, -0.05) is 18.2 Å². The Morgan fingerprint density at radius 1 is 1.03 bits per heavy atom. The molecule has 2 aliphatic rings. The first-order valence-corrected chi connectivity index (χ1v) is 11.6. The summed E-state index contributed by atoms with van der Waals surface area (Å²) in [6.07, 6.45) is 1.54. The van der Waals surface area contributed by atoms with Gasteiger partial charge in [0, 0.05) is 17.2 Å². The second-order valence-corrected chi connectivity index (χ2v) is 8.58. The number of nitrogen functional groups attached to an aromatic ring is 1. The molecule has 0 radical (unpaired) electrons. The molecule has 0 saturated carbocycles. The molecule has 0 amide bonds. The average Bonchev–Trinajstić information content (AvgIpc) is 2.88. The predicted octanol–water partition coefficient (Wildman–Crippen LogP) is 3.62. The molecule has 2 aliphatic heterocycles. The van der Waals surface area contributed by atoms with Crippen molar-refractivity contribution in [1.29, 1.82) is 0 Å². The summed E-state index contributed by atoms with van der Waals surface area (Å²) >= 11 is 0. The topological polar surface area (TPSA) is 115 Å². The second-order valence-electron chi connectivity index (χ2n) is 8.58. The van der Waals surface area contributed by atoms with Crippen LogP contribution in [0.5, 0.6) is 11.5 Å². The number of nitrogens with one attached hydrogen (secondary N) is 1. The van der Waals surface area contributed by atoms with Gasteiger partial charge in [0.2, 0.25) is 11.9 Å². The maximum absolute atomic E-state index is 13.1. The highest BCUT2D eigenvalue weighted by Gasteiger charge is 2.30. The van der Waals surface area contributed by atoms with Crippen LogP contribution in [0, 0.1) is 5.92 Å². The number of likely N-dealkylation sites (tertiary alicyclic amines) is 1. The van der Waals surface area contributed by atoms with E-state index in [2.05, 4.69) is 32.1 Å². The average molecular weight is 461 g/mol. The SMILES string of the molecule is CC(c1nc(N)nc(Nc2ccccc2)n1)N1CCC(C(=O)c2ccc3c(c2)OCCO3)CC1. The zero-order chi connectivity index (χ0) is 23.5. The number of para-hydroxylation sites is 1. The van der Waals surface area contributed by atoms with E-state index < -0.39 is 0 Å². The first-order valence-electron chi connectivity index (χ1n) is 11.6. The van der Waals surface area contributed by atoms with Gasteiger partial charge < -0.3 is 20.5 Å². The zero-order valence-electron chi connectivity index (χ0n) is 19.1. The van der Waals surface area contributed by atoms with E-state index in [0.29, 0.717) is 42.0 Å². The van der Waals surface area contributed by atoms with E-state index in [1.165, 1.54) is 0 Å². The summed E-state index contributed by atoms with van der Waals surface area (Å²) in [6, 6.07) is 15.1. The highest BCUT2D eigenvalue weighted by atomic mass is 16.6. The third kappa shape index (κ3) is 4.79. The Labute approximate surface area is 198 Å². The molecule has 0 bridgehead atoms. The number of piperidine rings is 1. The van der Waals surface area contributed by atoms with Gasteiger partial charge in [-0.2, -0.15) is 15.0 Å². The fourth-order valence-electron chi connectivity index (χ4n) is 4.45. The number of carbonyl (C=O) groups is 1. The fraction of sp³-hybridized carbons (Fsp3) is 0.360. The summed E-state index contributed by atoms with van der Waals surface area (Å²) in [5.74, 6) is 2.69. The van der Waals surface area contributed by atoms with Gasteiger partial charge in [0.05, 0.1) is 6.04 Å². The van der Waals surface area contributed by atoms with Gasteiger partial charge in [0.1, 0.15) is 13.2 Å². The molecule has 9 heteroatoms. The summed E-state index contributed by atoms with van der Waals surface area (Å²) < 4.78 is 11.2. The van der Waals surface area contributed by atoms with E-state index in [0.717, 1.165) is 31.6 Å².